The first kappa shape index (κ1) is 13.9. The first-order valence-corrected chi connectivity index (χ1v) is 7.12. The van der Waals surface area contributed by atoms with Gasteiger partial charge in [-0.3, -0.25) is 4.79 Å². The van der Waals surface area contributed by atoms with Gasteiger partial charge in [-0.2, -0.15) is 0 Å². The quantitative estimate of drug-likeness (QED) is 0.801. The SMILES string of the molecule is CCn1cc(Br)cc1C(=O)NCCCc1ncc[nH]1. The summed E-state index contributed by atoms with van der Waals surface area (Å²) in [5.41, 5.74) is 0.687. The number of hydrogen-bond donors (Lipinski definition) is 2. The first-order chi connectivity index (χ1) is 9.20. The Balaban J connectivity index is 1.80. The van der Waals surface area contributed by atoms with Gasteiger partial charge in [-0.15, -0.1) is 0 Å². The standard InChI is InChI=1S/C13H17BrN4O/c1-2-18-9-10(14)8-11(18)13(19)17-5-3-4-12-15-6-7-16-12/h6-9H,2-5H2,1H3,(H,15,16)(H,17,19). The molecule has 0 aliphatic carbocycles. The first-order valence-electron chi connectivity index (χ1n) is 6.33. The number of nitrogens with one attached hydrogen (secondary N) is 2. The van der Waals surface area contributed by atoms with Crippen LogP contribution in [0.4, 0.5) is 0 Å². The van der Waals surface area contributed by atoms with Crippen LogP contribution in [0.15, 0.2) is 29.1 Å². The lowest BCUT2D eigenvalue weighted by Crippen LogP contribution is -2.27. The Hall–Kier alpha value is -1.56. The van der Waals surface area contributed by atoms with Crippen molar-refractivity contribution in [3.63, 3.8) is 0 Å². The normalized spacial score (nSPS) is 10.6. The number of amides is 1. The van der Waals surface area contributed by atoms with Crippen LogP contribution >= 0.6 is 15.9 Å². The van der Waals surface area contributed by atoms with E-state index in [9.17, 15) is 4.79 Å². The molecule has 6 heteroatoms. The number of nitrogens with zero attached hydrogens (tertiary/aromatic N) is 2. The minimum atomic E-state index is -0.0352. The summed E-state index contributed by atoms with van der Waals surface area (Å²) < 4.78 is 2.85. The summed E-state index contributed by atoms with van der Waals surface area (Å²) in [6.45, 7) is 3.44. The fourth-order valence-electron chi connectivity index (χ4n) is 1.91. The molecule has 0 atom stereocenters. The number of carbonyl (C=O) groups excluding carboxylic acids is 1. The van der Waals surface area contributed by atoms with E-state index in [0.717, 1.165) is 29.7 Å². The number of imidazole rings is 1. The number of aryl methyl sites for hydroxylation is 2. The van der Waals surface area contributed by atoms with Gasteiger partial charge in [0, 0.05) is 42.6 Å². The predicted molar refractivity (Wildman–Crippen MR) is 77.0 cm³/mol. The maximum atomic E-state index is 12.0. The van der Waals surface area contributed by atoms with Crippen molar-refractivity contribution in [1.82, 2.24) is 19.9 Å². The van der Waals surface area contributed by atoms with E-state index in [0.29, 0.717) is 12.2 Å². The zero-order valence-corrected chi connectivity index (χ0v) is 12.4. The molecule has 0 unspecified atom stereocenters. The second kappa shape index (κ2) is 6.56. The van der Waals surface area contributed by atoms with Gasteiger partial charge in [0.2, 0.25) is 0 Å². The number of halogens is 1. The van der Waals surface area contributed by atoms with E-state index in [2.05, 4.69) is 31.2 Å². The van der Waals surface area contributed by atoms with Crippen molar-refractivity contribution in [2.75, 3.05) is 6.54 Å². The van der Waals surface area contributed by atoms with Gasteiger partial charge in [0.15, 0.2) is 0 Å². The van der Waals surface area contributed by atoms with Gasteiger partial charge in [-0.05, 0) is 35.3 Å². The number of rotatable bonds is 6. The van der Waals surface area contributed by atoms with Crippen molar-refractivity contribution in [1.29, 1.82) is 0 Å². The molecule has 2 rings (SSSR count). The average Bonchev–Trinajstić information content (AvgIpc) is 3.03. The highest BCUT2D eigenvalue weighted by Crippen LogP contribution is 2.14. The molecule has 2 aromatic rings. The van der Waals surface area contributed by atoms with Gasteiger partial charge in [0.25, 0.3) is 5.91 Å². The number of aromatic amines is 1. The molecule has 5 nitrogen and oxygen atoms in total. The smallest absolute Gasteiger partial charge is 0.267 e. The topological polar surface area (TPSA) is 62.7 Å². The van der Waals surface area contributed by atoms with E-state index in [-0.39, 0.29) is 5.91 Å². The molecule has 0 aliphatic heterocycles. The summed E-state index contributed by atoms with van der Waals surface area (Å²) in [6, 6.07) is 1.84. The number of hydrogen-bond acceptors (Lipinski definition) is 2. The molecule has 0 saturated heterocycles. The molecular weight excluding hydrogens is 308 g/mol. The van der Waals surface area contributed by atoms with E-state index in [1.54, 1.807) is 12.4 Å². The van der Waals surface area contributed by atoms with Crippen molar-refractivity contribution >= 4 is 21.8 Å². The number of H-pyrrole nitrogens is 1. The van der Waals surface area contributed by atoms with Gasteiger partial charge in [0.1, 0.15) is 11.5 Å². The monoisotopic (exact) mass is 324 g/mol. The van der Waals surface area contributed by atoms with Gasteiger partial charge in [-0.1, -0.05) is 0 Å². The maximum Gasteiger partial charge on any atom is 0.267 e. The van der Waals surface area contributed by atoms with Crippen LogP contribution in [0, 0.1) is 0 Å². The van der Waals surface area contributed by atoms with Gasteiger partial charge >= 0.3 is 0 Å². The second-order valence-corrected chi connectivity index (χ2v) is 5.14. The fraction of sp³-hybridized carbons (Fsp3) is 0.385. The van der Waals surface area contributed by atoms with Crippen LogP contribution in [0.1, 0.15) is 29.7 Å². The van der Waals surface area contributed by atoms with Crippen LogP contribution in [0.2, 0.25) is 0 Å². The van der Waals surface area contributed by atoms with Crippen molar-refractivity contribution in [3.05, 3.63) is 40.6 Å². The Morgan fingerprint density at radius 3 is 3.11 bits per heavy atom. The molecule has 0 radical (unpaired) electrons. The van der Waals surface area contributed by atoms with Crippen LogP contribution < -0.4 is 5.32 Å². The van der Waals surface area contributed by atoms with Crippen LogP contribution in [0.3, 0.4) is 0 Å². The zero-order valence-electron chi connectivity index (χ0n) is 10.8. The van der Waals surface area contributed by atoms with Crippen molar-refractivity contribution < 1.29 is 4.79 Å². The molecule has 1 amide bonds. The lowest BCUT2D eigenvalue weighted by Gasteiger charge is -2.07. The molecular formula is C13H17BrN4O. The summed E-state index contributed by atoms with van der Waals surface area (Å²) in [6.07, 6.45) is 7.16. The molecule has 0 spiro atoms. The second-order valence-electron chi connectivity index (χ2n) is 4.22. The minimum Gasteiger partial charge on any atom is -0.351 e. The average molecular weight is 325 g/mol. The molecule has 0 fully saturated rings. The number of carbonyl (C=O) groups is 1. The molecule has 0 bridgehead atoms. The summed E-state index contributed by atoms with van der Waals surface area (Å²) in [5, 5.41) is 2.93. The Bertz CT molecular complexity index is 533. The van der Waals surface area contributed by atoms with Crippen LogP contribution in [0.25, 0.3) is 0 Å². The highest BCUT2D eigenvalue weighted by molar-refractivity contribution is 9.10. The Kier molecular flexibility index (Phi) is 4.79. The molecule has 0 saturated carbocycles. The highest BCUT2D eigenvalue weighted by atomic mass is 79.9. The summed E-state index contributed by atoms with van der Waals surface area (Å²) in [4.78, 5) is 19.2. The lowest BCUT2D eigenvalue weighted by atomic mass is 10.3. The Morgan fingerprint density at radius 1 is 1.58 bits per heavy atom. The predicted octanol–water partition coefficient (Wildman–Crippen LogP) is 2.36. The Morgan fingerprint density at radius 2 is 2.42 bits per heavy atom. The molecule has 19 heavy (non-hydrogen) atoms. The van der Waals surface area contributed by atoms with Gasteiger partial charge in [-0.25, -0.2) is 4.98 Å². The van der Waals surface area contributed by atoms with Gasteiger partial charge in [0.05, 0.1) is 0 Å². The van der Waals surface area contributed by atoms with E-state index >= 15 is 0 Å². The third kappa shape index (κ3) is 3.70. The van der Waals surface area contributed by atoms with Crippen molar-refractivity contribution in [2.45, 2.75) is 26.3 Å². The molecule has 2 aromatic heterocycles. The maximum absolute atomic E-state index is 12.0. The summed E-state index contributed by atoms with van der Waals surface area (Å²) >= 11 is 3.39. The minimum absolute atomic E-state index is 0.0352. The van der Waals surface area contributed by atoms with E-state index < -0.39 is 0 Å². The fourth-order valence-corrected chi connectivity index (χ4v) is 2.37. The third-order valence-electron chi connectivity index (χ3n) is 2.87. The number of aromatic nitrogens is 3. The van der Waals surface area contributed by atoms with Gasteiger partial charge < -0.3 is 14.9 Å². The van der Waals surface area contributed by atoms with E-state index in [4.69, 9.17) is 0 Å². The largest absolute Gasteiger partial charge is 0.351 e. The Labute approximate surface area is 120 Å². The molecule has 0 aliphatic rings. The molecule has 2 heterocycles. The van der Waals surface area contributed by atoms with E-state index in [1.165, 1.54) is 0 Å². The lowest BCUT2D eigenvalue weighted by molar-refractivity contribution is 0.0944. The molecule has 0 aromatic carbocycles. The molecule has 102 valence electrons. The summed E-state index contributed by atoms with van der Waals surface area (Å²) in [5.74, 6) is 0.918. The molecule has 2 N–H and O–H groups in total. The van der Waals surface area contributed by atoms with Crippen LogP contribution in [-0.4, -0.2) is 27.0 Å². The van der Waals surface area contributed by atoms with E-state index in [1.807, 2.05) is 23.8 Å². The van der Waals surface area contributed by atoms with Crippen molar-refractivity contribution in [3.8, 4) is 0 Å². The highest BCUT2D eigenvalue weighted by Gasteiger charge is 2.11. The zero-order chi connectivity index (χ0) is 13.7. The third-order valence-corrected chi connectivity index (χ3v) is 3.30. The van der Waals surface area contributed by atoms with Crippen molar-refractivity contribution in [2.24, 2.45) is 0 Å². The van der Waals surface area contributed by atoms with Crippen LogP contribution in [-0.2, 0) is 13.0 Å². The summed E-state index contributed by atoms with van der Waals surface area (Å²) in [7, 11) is 0. The van der Waals surface area contributed by atoms with Crippen LogP contribution in [0.5, 0.6) is 0 Å².